The van der Waals surface area contributed by atoms with E-state index in [1.165, 1.54) is 6.92 Å². The van der Waals surface area contributed by atoms with Gasteiger partial charge < -0.3 is 34.0 Å². The van der Waals surface area contributed by atoms with Crippen molar-refractivity contribution in [3.8, 4) is 0 Å². The van der Waals surface area contributed by atoms with Gasteiger partial charge in [-0.1, -0.05) is 0 Å². The van der Waals surface area contributed by atoms with E-state index in [-0.39, 0.29) is 63.4 Å². The van der Waals surface area contributed by atoms with Crippen molar-refractivity contribution in [1.82, 2.24) is 0 Å². The second-order valence-corrected chi connectivity index (χ2v) is 1.77. The predicted octanol–water partition coefficient (Wildman–Crippen LogP) is -4.33. The van der Waals surface area contributed by atoms with E-state index in [9.17, 15) is 13.2 Å². The summed E-state index contributed by atoms with van der Waals surface area (Å²) in [6.07, 6.45) is -3.17. The van der Waals surface area contributed by atoms with Crippen LogP contribution in [0.2, 0.25) is 0 Å². The molecule has 0 aliphatic heterocycles. The van der Waals surface area contributed by atoms with Crippen molar-refractivity contribution in [2.24, 2.45) is 0 Å². The molecular weight excluding hydrogens is 301 g/mol. The summed E-state index contributed by atoms with van der Waals surface area (Å²) in [5, 5.41) is 0. The summed E-state index contributed by atoms with van der Waals surface area (Å²) in [6, 6.07) is 0. The molecule has 0 fully saturated rings. The minimum absolute atomic E-state index is 0. The molecule has 66 valence electrons. The van der Waals surface area contributed by atoms with Gasteiger partial charge in [0.1, 0.15) is 19.0 Å². The summed E-state index contributed by atoms with van der Waals surface area (Å²) < 4.78 is 34.7. The third-order valence-electron chi connectivity index (χ3n) is 0.748. The van der Waals surface area contributed by atoms with E-state index >= 15 is 0 Å². The number of hydrogen-bond acceptors (Lipinski definition) is 0. The van der Waals surface area contributed by atoms with Crippen LogP contribution in [0.5, 0.6) is 0 Å². The first-order chi connectivity index (χ1) is 3.66. The maximum atomic E-state index is 11.8. The molecule has 0 saturated carbocycles. The molecule has 0 spiro atoms. The van der Waals surface area contributed by atoms with Gasteiger partial charge >= 0.3 is 23.1 Å². The van der Waals surface area contributed by atoms with Gasteiger partial charge in [0.25, 0.3) is 0 Å². The fourth-order valence-electron chi connectivity index (χ4n) is 0.415. The van der Waals surface area contributed by atoms with Crippen molar-refractivity contribution < 1.29 is 47.1 Å². The monoisotopic (exact) mass is 308 g/mol. The zero-order valence-electron chi connectivity index (χ0n) is 6.17. The van der Waals surface area contributed by atoms with Gasteiger partial charge in [-0.25, -0.2) is 13.2 Å². The van der Waals surface area contributed by atoms with Gasteiger partial charge in [0.2, 0.25) is 0 Å². The summed E-state index contributed by atoms with van der Waals surface area (Å²) in [5.74, 6) is 0. The van der Waals surface area contributed by atoms with Crippen LogP contribution in [0.3, 0.4) is 0 Å². The van der Waals surface area contributed by atoms with Gasteiger partial charge in [0.05, 0.1) is 0 Å². The molecule has 0 bridgehead atoms. The summed E-state index contributed by atoms with van der Waals surface area (Å²) in [5.41, 5.74) is 0. The van der Waals surface area contributed by atoms with Gasteiger partial charge in [-0.2, -0.15) is 0 Å². The van der Waals surface area contributed by atoms with Gasteiger partial charge in [-0.3, -0.25) is 0 Å². The molecule has 0 aliphatic carbocycles. The van der Waals surface area contributed by atoms with Crippen LogP contribution < -0.4 is 34.0 Å². The first-order valence-corrected chi connectivity index (χ1v) is 2.51. The Kier molecular flexibility index (Phi) is 29.3. The third kappa shape index (κ3) is 18.5. The van der Waals surface area contributed by atoms with Crippen molar-refractivity contribution in [2.45, 2.75) is 25.7 Å². The molecule has 0 aliphatic rings. The zero-order chi connectivity index (χ0) is 6.57. The molecule has 0 rings (SSSR count). The number of halogens is 5. The van der Waals surface area contributed by atoms with Crippen LogP contribution in [0.4, 0.5) is 13.2 Å². The Morgan fingerprint density at radius 3 is 1.64 bits per heavy atom. The maximum Gasteiger partial charge on any atom is 2.00 e. The fourth-order valence-corrected chi connectivity index (χ4v) is 0.415. The molecule has 0 aromatic carbocycles. The zero-order valence-corrected chi connectivity index (χ0v) is 10.8. The largest absolute Gasteiger partial charge is 2.00 e. The molecular formula is C5H9Br2F3Mg. The average Bonchev–Trinajstić information content (AvgIpc) is 1.65. The van der Waals surface area contributed by atoms with Crippen molar-refractivity contribution in [3.63, 3.8) is 0 Å². The van der Waals surface area contributed by atoms with Crippen molar-refractivity contribution in [2.75, 3.05) is 6.67 Å². The Morgan fingerprint density at radius 2 is 1.55 bits per heavy atom. The van der Waals surface area contributed by atoms with Crippen molar-refractivity contribution in [3.05, 3.63) is 0 Å². The van der Waals surface area contributed by atoms with Crippen LogP contribution in [-0.2, 0) is 0 Å². The molecule has 0 amide bonds. The minimum Gasteiger partial charge on any atom is -1.00 e. The van der Waals surface area contributed by atoms with E-state index in [4.69, 9.17) is 0 Å². The van der Waals surface area contributed by atoms with Crippen molar-refractivity contribution in [1.29, 1.82) is 0 Å². The number of rotatable bonds is 3. The van der Waals surface area contributed by atoms with E-state index in [0.717, 1.165) is 0 Å². The predicted molar refractivity (Wildman–Crippen MR) is 31.8 cm³/mol. The molecule has 6 heteroatoms. The van der Waals surface area contributed by atoms with E-state index in [0.29, 0.717) is 0 Å². The molecule has 2 unspecified atom stereocenters. The minimum atomic E-state index is -1.62. The SMILES string of the molecule is CC(F)CC(F)CF.[Br-].[Br-].[Mg+2]. The van der Waals surface area contributed by atoms with Crippen LogP contribution in [-0.4, -0.2) is 42.1 Å². The molecule has 0 saturated heterocycles. The molecule has 0 aromatic rings. The van der Waals surface area contributed by atoms with Crippen LogP contribution in [0, 0.1) is 0 Å². The topological polar surface area (TPSA) is 0 Å². The van der Waals surface area contributed by atoms with Gasteiger partial charge in [-0.15, -0.1) is 0 Å². The van der Waals surface area contributed by atoms with Crippen LogP contribution in [0.15, 0.2) is 0 Å². The van der Waals surface area contributed by atoms with Gasteiger partial charge in [0, 0.05) is 6.42 Å². The molecule has 0 radical (unpaired) electrons. The van der Waals surface area contributed by atoms with Gasteiger partial charge in [-0.05, 0) is 6.92 Å². The quantitative estimate of drug-likeness (QED) is 0.463. The van der Waals surface area contributed by atoms with E-state index in [2.05, 4.69) is 0 Å². The van der Waals surface area contributed by atoms with E-state index < -0.39 is 19.0 Å². The normalized spacial score (nSPS) is 13.1. The maximum absolute atomic E-state index is 11.8. The molecule has 11 heavy (non-hydrogen) atoms. The summed E-state index contributed by atoms with van der Waals surface area (Å²) in [7, 11) is 0. The molecule has 0 heterocycles. The molecule has 0 nitrogen and oxygen atoms in total. The molecule has 0 N–H and O–H groups in total. The first kappa shape index (κ1) is 22.9. The van der Waals surface area contributed by atoms with Crippen LogP contribution in [0.1, 0.15) is 13.3 Å². The Balaban J connectivity index is -0.0000000817. The third-order valence-corrected chi connectivity index (χ3v) is 0.748. The van der Waals surface area contributed by atoms with Crippen molar-refractivity contribution >= 4 is 23.1 Å². The second kappa shape index (κ2) is 14.1. The fraction of sp³-hybridized carbons (Fsp3) is 1.00. The Morgan fingerprint density at radius 1 is 1.18 bits per heavy atom. The molecule has 2 atom stereocenters. The standard InChI is InChI=1S/C5H9F3.2BrH.Mg/c1-4(7)2-5(8)3-6;;;/h4-5H,2-3H2,1H3;2*1H;/q;;;+2/p-2. The molecule has 0 aromatic heterocycles. The first-order valence-electron chi connectivity index (χ1n) is 2.51. The number of hydrogen-bond donors (Lipinski definition) is 0. The Labute approximate surface area is 102 Å². The Hall–Kier alpha value is 1.52. The number of alkyl halides is 3. The van der Waals surface area contributed by atoms with E-state index in [1.54, 1.807) is 0 Å². The average molecular weight is 310 g/mol. The van der Waals surface area contributed by atoms with E-state index in [1.807, 2.05) is 0 Å². The van der Waals surface area contributed by atoms with Gasteiger partial charge in [0.15, 0.2) is 0 Å². The summed E-state index contributed by atoms with van der Waals surface area (Å²) >= 11 is 0. The Bertz CT molecular complexity index is 65.7. The summed E-state index contributed by atoms with van der Waals surface area (Å²) in [6.45, 7) is 0.135. The smallest absolute Gasteiger partial charge is 1.00 e. The van der Waals surface area contributed by atoms with Crippen LogP contribution >= 0.6 is 0 Å². The summed E-state index contributed by atoms with van der Waals surface area (Å²) in [4.78, 5) is 0. The second-order valence-electron chi connectivity index (χ2n) is 1.77. The van der Waals surface area contributed by atoms with Crippen LogP contribution in [0.25, 0.3) is 0 Å².